The van der Waals surface area contributed by atoms with Gasteiger partial charge in [-0.05, 0) is 31.2 Å². The van der Waals surface area contributed by atoms with E-state index in [0.717, 1.165) is 21.8 Å². The maximum Gasteiger partial charge on any atom is 0.116 e. The zero-order chi connectivity index (χ0) is 15.5. The molecule has 1 heterocycles. The van der Waals surface area contributed by atoms with Crippen molar-refractivity contribution in [2.45, 2.75) is 6.92 Å². The lowest BCUT2D eigenvalue weighted by Crippen LogP contribution is -1.79. The van der Waals surface area contributed by atoms with Gasteiger partial charge in [-0.1, -0.05) is 59.1 Å². The van der Waals surface area contributed by atoms with Gasteiger partial charge in [-0.2, -0.15) is 0 Å². The molecule has 0 spiro atoms. The number of aryl methyl sites for hydroxylation is 1. The summed E-state index contributed by atoms with van der Waals surface area (Å²) in [6.45, 7) is 2.08. The summed E-state index contributed by atoms with van der Waals surface area (Å²) in [5, 5.41) is 4.25. The Labute approximate surface area is 143 Å². The minimum absolute atomic E-state index is 0.638. The highest BCUT2D eigenvalue weighted by atomic mass is 35.5. The van der Waals surface area contributed by atoms with Gasteiger partial charge in [0.25, 0.3) is 0 Å². The van der Waals surface area contributed by atoms with E-state index in [4.69, 9.17) is 23.2 Å². The Morgan fingerprint density at radius 3 is 2.32 bits per heavy atom. The fraction of sp³-hybridized carbons (Fsp3) is 0.0556. The van der Waals surface area contributed by atoms with Crippen molar-refractivity contribution in [3.05, 3.63) is 74.0 Å². The van der Waals surface area contributed by atoms with Crippen molar-refractivity contribution < 1.29 is 0 Å². The molecule has 110 valence electrons. The van der Waals surface area contributed by atoms with Crippen molar-refractivity contribution in [2.24, 2.45) is 0 Å². The van der Waals surface area contributed by atoms with Crippen molar-refractivity contribution >= 4 is 46.7 Å². The molecular weight excluding hydrogens is 333 g/mol. The van der Waals surface area contributed by atoms with Crippen molar-refractivity contribution in [3.63, 3.8) is 0 Å². The molecule has 22 heavy (non-hydrogen) atoms. The standard InChI is InChI=1S/C18H13Cl2NS/c1-12-5-7-13(8-6-12)17-11-22-18(21-17)10-9-14-15(19)3-2-4-16(14)20/h2-11H,1H3/b10-9+. The highest BCUT2D eigenvalue weighted by molar-refractivity contribution is 7.10. The zero-order valence-corrected chi connectivity index (χ0v) is 14.2. The second-order valence-corrected chi connectivity index (χ2v) is 6.61. The van der Waals surface area contributed by atoms with Crippen molar-refractivity contribution in [3.8, 4) is 11.3 Å². The lowest BCUT2D eigenvalue weighted by atomic mass is 10.1. The summed E-state index contributed by atoms with van der Waals surface area (Å²) in [5.41, 5.74) is 4.16. The van der Waals surface area contributed by atoms with E-state index < -0.39 is 0 Å². The molecule has 0 saturated carbocycles. The Morgan fingerprint density at radius 2 is 1.64 bits per heavy atom. The largest absolute Gasteiger partial charge is 0.237 e. The van der Waals surface area contributed by atoms with E-state index in [1.165, 1.54) is 5.56 Å². The third-order valence-corrected chi connectivity index (χ3v) is 4.73. The van der Waals surface area contributed by atoms with E-state index in [9.17, 15) is 0 Å². The van der Waals surface area contributed by atoms with Crippen LogP contribution < -0.4 is 0 Å². The molecular formula is C18H13Cl2NS. The molecule has 3 aromatic rings. The van der Waals surface area contributed by atoms with Crippen LogP contribution in [0.2, 0.25) is 10.0 Å². The van der Waals surface area contributed by atoms with Crippen LogP contribution in [0.4, 0.5) is 0 Å². The molecule has 0 N–H and O–H groups in total. The van der Waals surface area contributed by atoms with Crippen LogP contribution in [-0.4, -0.2) is 4.98 Å². The minimum atomic E-state index is 0.638. The predicted molar refractivity (Wildman–Crippen MR) is 97.7 cm³/mol. The molecule has 0 unspecified atom stereocenters. The summed E-state index contributed by atoms with van der Waals surface area (Å²) in [7, 11) is 0. The van der Waals surface area contributed by atoms with Gasteiger partial charge in [-0.25, -0.2) is 4.98 Å². The smallest absolute Gasteiger partial charge is 0.116 e. The van der Waals surface area contributed by atoms with Gasteiger partial charge in [0.15, 0.2) is 0 Å². The molecule has 4 heteroatoms. The van der Waals surface area contributed by atoms with Gasteiger partial charge in [0.05, 0.1) is 5.69 Å². The summed E-state index contributed by atoms with van der Waals surface area (Å²) in [4.78, 5) is 4.63. The highest BCUT2D eigenvalue weighted by Crippen LogP contribution is 2.28. The van der Waals surface area contributed by atoms with Crippen LogP contribution in [0, 0.1) is 6.92 Å². The van der Waals surface area contributed by atoms with Crippen molar-refractivity contribution in [1.29, 1.82) is 0 Å². The third-order valence-electron chi connectivity index (χ3n) is 3.26. The SMILES string of the molecule is Cc1ccc(-c2csc(/C=C/c3c(Cl)cccc3Cl)n2)cc1. The number of hydrogen-bond acceptors (Lipinski definition) is 2. The summed E-state index contributed by atoms with van der Waals surface area (Å²) < 4.78 is 0. The van der Waals surface area contributed by atoms with Gasteiger partial charge in [0.1, 0.15) is 5.01 Å². The van der Waals surface area contributed by atoms with Gasteiger partial charge < -0.3 is 0 Å². The fourth-order valence-corrected chi connectivity index (χ4v) is 3.29. The van der Waals surface area contributed by atoms with Crippen molar-refractivity contribution in [1.82, 2.24) is 4.98 Å². The number of aromatic nitrogens is 1. The molecule has 0 amide bonds. The van der Waals surface area contributed by atoms with Gasteiger partial charge in [0.2, 0.25) is 0 Å². The molecule has 0 radical (unpaired) electrons. The van der Waals surface area contributed by atoms with E-state index in [1.54, 1.807) is 11.3 Å². The number of thiazole rings is 1. The van der Waals surface area contributed by atoms with Crippen LogP contribution >= 0.6 is 34.5 Å². The lowest BCUT2D eigenvalue weighted by molar-refractivity contribution is 1.37. The topological polar surface area (TPSA) is 12.9 Å². The number of hydrogen-bond donors (Lipinski definition) is 0. The number of rotatable bonds is 3. The van der Waals surface area contributed by atoms with Gasteiger partial charge in [-0.15, -0.1) is 11.3 Å². The maximum atomic E-state index is 6.16. The van der Waals surface area contributed by atoms with Crippen LogP contribution in [-0.2, 0) is 0 Å². The van der Waals surface area contributed by atoms with Gasteiger partial charge in [0, 0.05) is 26.6 Å². The van der Waals surface area contributed by atoms with Crippen LogP contribution in [0.15, 0.2) is 47.8 Å². The number of halogens is 2. The molecule has 1 nitrogen and oxygen atoms in total. The van der Waals surface area contributed by atoms with Crippen molar-refractivity contribution in [2.75, 3.05) is 0 Å². The first kappa shape index (κ1) is 15.3. The summed E-state index contributed by atoms with van der Waals surface area (Å²) in [6, 6.07) is 13.8. The van der Waals surface area contributed by atoms with E-state index in [-0.39, 0.29) is 0 Å². The average molecular weight is 346 g/mol. The van der Waals surface area contributed by atoms with E-state index in [1.807, 2.05) is 30.4 Å². The fourth-order valence-electron chi connectivity index (χ4n) is 2.05. The highest BCUT2D eigenvalue weighted by Gasteiger charge is 2.04. The number of benzene rings is 2. The Kier molecular flexibility index (Phi) is 4.63. The van der Waals surface area contributed by atoms with Crippen LogP contribution in [0.5, 0.6) is 0 Å². The first-order valence-electron chi connectivity index (χ1n) is 6.78. The lowest BCUT2D eigenvalue weighted by Gasteiger charge is -2.00. The molecule has 0 fully saturated rings. The average Bonchev–Trinajstić information content (AvgIpc) is 2.96. The molecule has 0 atom stereocenters. The molecule has 3 rings (SSSR count). The molecule has 0 aliphatic heterocycles. The Hall–Kier alpha value is -1.61. The predicted octanol–water partition coefficient (Wildman–Crippen LogP) is 6.60. The Balaban J connectivity index is 1.85. The summed E-state index contributed by atoms with van der Waals surface area (Å²) in [6.07, 6.45) is 3.85. The van der Waals surface area contributed by atoms with Gasteiger partial charge >= 0.3 is 0 Å². The normalized spacial score (nSPS) is 11.2. The third kappa shape index (κ3) is 3.41. The van der Waals surface area contributed by atoms with Crippen LogP contribution in [0.25, 0.3) is 23.4 Å². The summed E-state index contributed by atoms with van der Waals surface area (Å²) >= 11 is 13.9. The van der Waals surface area contributed by atoms with Crippen LogP contribution in [0.3, 0.4) is 0 Å². The van der Waals surface area contributed by atoms with E-state index in [0.29, 0.717) is 10.0 Å². The monoisotopic (exact) mass is 345 g/mol. The summed E-state index contributed by atoms with van der Waals surface area (Å²) in [5.74, 6) is 0. The van der Waals surface area contributed by atoms with E-state index in [2.05, 4.69) is 41.6 Å². The second kappa shape index (κ2) is 6.66. The Bertz CT molecular complexity index is 799. The van der Waals surface area contributed by atoms with Gasteiger partial charge in [-0.3, -0.25) is 0 Å². The Morgan fingerprint density at radius 1 is 0.955 bits per heavy atom. The molecule has 0 bridgehead atoms. The van der Waals surface area contributed by atoms with E-state index >= 15 is 0 Å². The molecule has 0 aliphatic carbocycles. The number of nitrogens with zero attached hydrogens (tertiary/aromatic N) is 1. The quantitative estimate of drug-likeness (QED) is 0.521. The zero-order valence-electron chi connectivity index (χ0n) is 11.9. The minimum Gasteiger partial charge on any atom is -0.237 e. The van der Waals surface area contributed by atoms with Crippen LogP contribution in [0.1, 0.15) is 16.1 Å². The first-order chi connectivity index (χ1) is 10.6. The maximum absolute atomic E-state index is 6.16. The molecule has 0 saturated heterocycles. The molecule has 0 aliphatic rings. The first-order valence-corrected chi connectivity index (χ1v) is 8.42. The second-order valence-electron chi connectivity index (χ2n) is 4.91. The molecule has 1 aromatic heterocycles. The molecule has 2 aromatic carbocycles.